The van der Waals surface area contributed by atoms with E-state index in [9.17, 15) is 13.2 Å². The fourth-order valence-corrected chi connectivity index (χ4v) is 4.51. The molecule has 7 heteroatoms. The molecule has 22 heavy (non-hydrogen) atoms. The van der Waals surface area contributed by atoms with Crippen molar-refractivity contribution in [1.29, 1.82) is 0 Å². The van der Waals surface area contributed by atoms with E-state index in [0.29, 0.717) is 15.6 Å². The molecule has 0 saturated heterocycles. The van der Waals surface area contributed by atoms with Crippen molar-refractivity contribution in [2.75, 3.05) is 5.75 Å². The number of halogens is 2. The van der Waals surface area contributed by atoms with Crippen LogP contribution < -0.4 is 5.32 Å². The Morgan fingerprint density at radius 1 is 1.18 bits per heavy atom. The number of rotatable bonds is 5. The second-order valence-electron chi connectivity index (χ2n) is 5.67. The molecule has 1 aromatic rings. The van der Waals surface area contributed by atoms with Crippen molar-refractivity contribution in [2.45, 2.75) is 43.9 Å². The van der Waals surface area contributed by atoms with E-state index < -0.39 is 21.5 Å². The minimum absolute atomic E-state index is 0.107. The zero-order valence-corrected chi connectivity index (χ0v) is 14.5. The summed E-state index contributed by atoms with van der Waals surface area (Å²) >= 11 is 11.8. The molecule has 1 aromatic carbocycles. The van der Waals surface area contributed by atoms with E-state index >= 15 is 0 Å². The van der Waals surface area contributed by atoms with Gasteiger partial charge >= 0.3 is 0 Å². The van der Waals surface area contributed by atoms with Crippen LogP contribution in [0.2, 0.25) is 10.0 Å². The standard InChI is InChI=1S/C15H19Cl2NO3S/c16-12-7-6-11(14(17)8-12)9-22(20,21)10-15(19)18-13-4-2-1-3-5-13/h6-8,13H,1-5,9-10H2,(H,18,19). The molecule has 122 valence electrons. The third-order valence-electron chi connectivity index (χ3n) is 3.71. The van der Waals surface area contributed by atoms with E-state index in [1.54, 1.807) is 12.1 Å². The maximum atomic E-state index is 12.1. The van der Waals surface area contributed by atoms with Crippen LogP contribution in [-0.2, 0) is 20.4 Å². The lowest BCUT2D eigenvalue weighted by Gasteiger charge is -2.22. The van der Waals surface area contributed by atoms with Crippen molar-refractivity contribution >= 4 is 38.9 Å². The summed E-state index contributed by atoms with van der Waals surface area (Å²) in [5.74, 6) is -1.21. The molecular weight excluding hydrogens is 345 g/mol. The first-order chi connectivity index (χ1) is 10.4. The van der Waals surface area contributed by atoms with Crippen LogP contribution in [-0.4, -0.2) is 26.1 Å². The number of benzene rings is 1. The van der Waals surface area contributed by atoms with E-state index in [4.69, 9.17) is 23.2 Å². The summed E-state index contributed by atoms with van der Waals surface area (Å²) < 4.78 is 24.3. The molecule has 1 aliphatic carbocycles. The Hall–Kier alpha value is -0.780. The number of sulfone groups is 1. The Balaban J connectivity index is 1.93. The largest absolute Gasteiger partial charge is 0.352 e. The quantitative estimate of drug-likeness (QED) is 0.872. The lowest BCUT2D eigenvalue weighted by molar-refractivity contribution is -0.119. The van der Waals surface area contributed by atoms with Crippen LogP contribution in [0.15, 0.2) is 18.2 Å². The second kappa shape index (κ2) is 7.66. The molecule has 0 unspecified atom stereocenters. The first-order valence-corrected chi connectivity index (χ1v) is 9.87. The first kappa shape index (κ1) is 17.6. The number of carbonyl (C=O) groups is 1. The van der Waals surface area contributed by atoms with Crippen LogP contribution in [0.4, 0.5) is 0 Å². The average molecular weight is 364 g/mol. The van der Waals surface area contributed by atoms with E-state index in [1.807, 2.05) is 0 Å². The van der Waals surface area contributed by atoms with Crippen molar-refractivity contribution in [2.24, 2.45) is 0 Å². The molecule has 0 aromatic heterocycles. The van der Waals surface area contributed by atoms with Gasteiger partial charge in [0.1, 0.15) is 5.75 Å². The summed E-state index contributed by atoms with van der Waals surface area (Å²) in [5, 5.41) is 3.55. The third-order valence-corrected chi connectivity index (χ3v) is 5.75. The van der Waals surface area contributed by atoms with Gasteiger partial charge in [0.25, 0.3) is 0 Å². The fourth-order valence-electron chi connectivity index (χ4n) is 2.64. The number of nitrogens with one attached hydrogen (secondary N) is 1. The van der Waals surface area contributed by atoms with E-state index in [-0.39, 0.29) is 11.8 Å². The van der Waals surface area contributed by atoms with Gasteiger partial charge in [-0.2, -0.15) is 0 Å². The van der Waals surface area contributed by atoms with E-state index in [0.717, 1.165) is 25.7 Å². The monoisotopic (exact) mass is 363 g/mol. The summed E-state index contributed by atoms with van der Waals surface area (Å²) in [6, 6.07) is 4.76. The Bertz CT molecular complexity index is 640. The highest BCUT2D eigenvalue weighted by molar-refractivity contribution is 7.91. The number of amides is 1. The van der Waals surface area contributed by atoms with Gasteiger partial charge in [-0.15, -0.1) is 0 Å². The number of hydrogen-bond acceptors (Lipinski definition) is 3. The van der Waals surface area contributed by atoms with Gasteiger partial charge in [-0.1, -0.05) is 48.5 Å². The minimum Gasteiger partial charge on any atom is -0.352 e. The summed E-state index contributed by atoms with van der Waals surface area (Å²) in [5.41, 5.74) is 0.455. The maximum absolute atomic E-state index is 12.1. The molecule has 0 aliphatic heterocycles. The van der Waals surface area contributed by atoms with Gasteiger partial charge < -0.3 is 5.32 Å². The summed E-state index contributed by atoms with van der Waals surface area (Å²) in [4.78, 5) is 11.9. The minimum atomic E-state index is -3.56. The predicted octanol–water partition coefficient (Wildman–Crippen LogP) is 3.36. The molecule has 1 saturated carbocycles. The Kier molecular flexibility index (Phi) is 6.12. The molecular formula is C15H19Cl2NO3S. The van der Waals surface area contributed by atoms with Gasteiger partial charge in [0.15, 0.2) is 9.84 Å². The molecule has 0 radical (unpaired) electrons. The van der Waals surface area contributed by atoms with Gasteiger partial charge in [0.05, 0.1) is 5.75 Å². The predicted molar refractivity (Wildman–Crippen MR) is 89.0 cm³/mol. The average Bonchev–Trinajstić information content (AvgIpc) is 2.42. The normalized spacial score (nSPS) is 16.5. The number of carbonyl (C=O) groups excluding carboxylic acids is 1. The van der Waals surface area contributed by atoms with Crippen LogP contribution in [0.3, 0.4) is 0 Å². The van der Waals surface area contributed by atoms with E-state index in [1.165, 1.54) is 12.5 Å². The lowest BCUT2D eigenvalue weighted by atomic mass is 9.95. The lowest BCUT2D eigenvalue weighted by Crippen LogP contribution is -2.39. The topological polar surface area (TPSA) is 63.2 Å². The third kappa shape index (κ3) is 5.45. The van der Waals surface area contributed by atoms with Gasteiger partial charge in [0.2, 0.25) is 5.91 Å². The Morgan fingerprint density at radius 2 is 1.86 bits per heavy atom. The van der Waals surface area contributed by atoms with Crippen molar-refractivity contribution in [1.82, 2.24) is 5.32 Å². The van der Waals surface area contributed by atoms with Crippen molar-refractivity contribution in [3.63, 3.8) is 0 Å². The van der Waals surface area contributed by atoms with Crippen LogP contribution >= 0.6 is 23.2 Å². The van der Waals surface area contributed by atoms with Crippen LogP contribution in [0.25, 0.3) is 0 Å². The van der Waals surface area contributed by atoms with Gasteiger partial charge in [0, 0.05) is 16.1 Å². The number of hydrogen-bond donors (Lipinski definition) is 1. The second-order valence-corrected chi connectivity index (χ2v) is 8.58. The summed E-state index contributed by atoms with van der Waals surface area (Å²) in [7, 11) is -3.56. The molecule has 0 heterocycles. The molecule has 1 fully saturated rings. The van der Waals surface area contributed by atoms with Crippen LogP contribution in [0, 0.1) is 0 Å². The Labute approximate surface area is 141 Å². The molecule has 0 bridgehead atoms. The molecule has 0 atom stereocenters. The van der Waals surface area contributed by atoms with Crippen LogP contribution in [0.1, 0.15) is 37.7 Å². The molecule has 0 spiro atoms. The zero-order chi connectivity index (χ0) is 16.2. The smallest absolute Gasteiger partial charge is 0.235 e. The van der Waals surface area contributed by atoms with Crippen molar-refractivity contribution in [3.05, 3.63) is 33.8 Å². The highest BCUT2D eigenvalue weighted by Crippen LogP contribution is 2.23. The summed E-state index contributed by atoms with van der Waals surface area (Å²) in [6.07, 6.45) is 5.19. The van der Waals surface area contributed by atoms with E-state index in [2.05, 4.69) is 5.32 Å². The maximum Gasteiger partial charge on any atom is 0.235 e. The SMILES string of the molecule is O=C(CS(=O)(=O)Cc1ccc(Cl)cc1Cl)NC1CCCCC1. The highest BCUT2D eigenvalue weighted by Gasteiger charge is 2.22. The molecule has 1 N–H and O–H groups in total. The zero-order valence-electron chi connectivity index (χ0n) is 12.1. The van der Waals surface area contributed by atoms with Crippen LogP contribution in [0.5, 0.6) is 0 Å². The van der Waals surface area contributed by atoms with Crippen molar-refractivity contribution < 1.29 is 13.2 Å². The molecule has 2 rings (SSSR count). The fraction of sp³-hybridized carbons (Fsp3) is 0.533. The van der Waals surface area contributed by atoms with Gasteiger partial charge in [-0.05, 0) is 30.5 Å². The highest BCUT2D eigenvalue weighted by atomic mass is 35.5. The van der Waals surface area contributed by atoms with Gasteiger partial charge in [-0.25, -0.2) is 8.42 Å². The molecule has 1 aliphatic rings. The summed E-state index contributed by atoms with van der Waals surface area (Å²) in [6.45, 7) is 0. The first-order valence-electron chi connectivity index (χ1n) is 7.29. The van der Waals surface area contributed by atoms with Crippen molar-refractivity contribution in [3.8, 4) is 0 Å². The van der Waals surface area contributed by atoms with Gasteiger partial charge in [-0.3, -0.25) is 4.79 Å². The Morgan fingerprint density at radius 3 is 2.50 bits per heavy atom. The molecule has 4 nitrogen and oxygen atoms in total. The molecule has 1 amide bonds.